The van der Waals surface area contributed by atoms with E-state index in [9.17, 15) is 8.42 Å². The van der Waals surface area contributed by atoms with Crippen molar-refractivity contribution in [3.8, 4) is 0 Å². The van der Waals surface area contributed by atoms with Crippen LogP contribution in [0.4, 0.5) is 0 Å². The van der Waals surface area contributed by atoms with Gasteiger partial charge in [-0.3, -0.25) is 0 Å². The molecule has 6 heteroatoms. The Bertz CT molecular complexity index is 527. The molecule has 19 heavy (non-hydrogen) atoms. The first kappa shape index (κ1) is 14.4. The lowest BCUT2D eigenvalue weighted by atomic mass is 10.3. The molecule has 0 aliphatic heterocycles. The Kier molecular flexibility index (Phi) is 4.23. The zero-order chi connectivity index (χ0) is 14.0. The lowest BCUT2D eigenvalue weighted by Crippen LogP contribution is -2.30. The molecule has 0 spiro atoms. The van der Waals surface area contributed by atoms with Crippen molar-refractivity contribution in [2.24, 2.45) is 11.8 Å². The third kappa shape index (κ3) is 3.32. The monoisotopic (exact) mass is 283 g/mol. The lowest BCUT2D eigenvalue weighted by molar-refractivity contribution is 0.442. The third-order valence-corrected chi connectivity index (χ3v) is 5.36. The minimum Gasteiger partial charge on any atom is -0.316 e. The molecule has 0 aromatic carbocycles. The number of nitrogens with zero attached hydrogens (tertiary/aromatic N) is 2. The van der Waals surface area contributed by atoms with E-state index in [2.05, 4.69) is 17.2 Å². The van der Waals surface area contributed by atoms with Crippen molar-refractivity contribution >= 4 is 10.0 Å². The van der Waals surface area contributed by atoms with E-state index in [1.807, 2.05) is 7.05 Å². The molecule has 0 radical (unpaired) electrons. The Labute approximate surface area is 115 Å². The Morgan fingerprint density at radius 1 is 1.47 bits per heavy atom. The predicted octanol–water partition coefficient (Wildman–Crippen LogP) is 1.08. The normalized spacial score (nSPS) is 22.7. The standard InChI is InChI=1S/C13H21N3O2S/c1-10-6-12(10)9-16(3)19(17,18)13-5-4-11(7-14-2)8-15-13/h4-5,8,10,12,14H,6-7,9H2,1-3H3. The zero-order valence-corrected chi connectivity index (χ0v) is 12.4. The molecule has 1 saturated carbocycles. The van der Waals surface area contributed by atoms with E-state index in [0.29, 0.717) is 24.9 Å². The summed E-state index contributed by atoms with van der Waals surface area (Å²) in [7, 11) is 0.0237. The van der Waals surface area contributed by atoms with Crippen LogP contribution in [0.1, 0.15) is 18.9 Å². The largest absolute Gasteiger partial charge is 0.316 e. The van der Waals surface area contributed by atoms with Crippen LogP contribution >= 0.6 is 0 Å². The lowest BCUT2D eigenvalue weighted by Gasteiger charge is -2.16. The number of sulfonamides is 1. The van der Waals surface area contributed by atoms with Crippen LogP contribution in [0.2, 0.25) is 0 Å². The zero-order valence-electron chi connectivity index (χ0n) is 11.6. The second kappa shape index (κ2) is 5.56. The minimum absolute atomic E-state index is 0.128. The number of rotatable bonds is 6. The minimum atomic E-state index is -3.45. The number of nitrogens with one attached hydrogen (secondary N) is 1. The summed E-state index contributed by atoms with van der Waals surface area (Å²) in [5, 5.41) is 3.13. The summed E-state index contributed by atoms with van der Waals surface area (Å²) >= 11 is 0. The highest BCUT2D eigenvalue weighted by Gasteiger charge is 2.36. The molecule has 0 amide bonds. The number of hydrogen-bond acceptors (Lipinski definition) is 4. The van der Waals surface area contributed by atoms with E-state index >= 15 is 0 Å². The fourth-order valence-electron chi connectivity index (χ4n) is 2.11. The average molecular weight is 283 g/mol. The van der Waals surface area contributed by atoms with Crippen LogP contribution < -0.4 is 5.32 Å². The molecule has 1 aromatic heterocycles. The van der Waals surface area contributed by atoms with Crippen molar-refractivity contribution < 1.29 is 8.42 Å². The number of aromatic nitrogens is 1. The predicted molar refractivity (Wildman–Crippen MR) is 74.1 cm³/mol. The van der Waals surface area contributed by atoms with Gasteiger partial charge in [-0.05, 0) is 36.9 Å². The van der Waals surface area contributed by atoms with Crippen LogP contribution in [0.25, 0.3) is 0 Å². The van der Waals surface area contributed by atoms with E-state index in [0.717, 1.165) is 12.0 Å². The van der Waals surface area contributed by atoms with E-state index < -0.39 is 10.0 Å². The van der Waals surface area contributed by atoms with E-state index in [1.165, 1.54) is 4.31 Å². The Hall–Kier alpha value is -0.980. The summed E-state index contributed by atoms with van der Waals surface area (Å²) in [6, 6.07) is 3.37. The fraction of sp³-hybridized carbons (Fsp3) is 0.615. The van der Waals surface area contributed by atoms with Crippen molar-refractivity contribution in [2.45, 2.75) is 24.9 Å². The summed E-state index contributed by atoms with van der Waals surface area (Å²) in [5.41, 5.74) is 0.972. The highest BCUT2D eigenvalue weighted by Crippen LogP contribution is 2.38. The van der Waals surface area contributed by atoms with Gasteiger partial charge in [0.25, 0.3) is 10.0 Å². The molecule has 106 valence electrons. The molecular weight excluding hydrogens is 262 g/mol. The molecule has 1 aromatic rings. The van der Waals surface area contributed by atoms with Crippen LogP contribution in [0.5, 0.6) is 0 Å². The van der Waals surface area contributed by atoms with Crippen LogP contribution in [-0.2, 0) is 16.6 Å². The molecule has 1 N–H and O–H groups in total. The first-order valence-electron chi connectivity index (χ1n) is 6.51. The molecule has 1 aliphatic rings. The van der Waals surface area contributed by atoms with Gasteiger partial charge in [-0.15, -0.1) is 0 Å². The Morgan fingerprint density at radius 3 is 2.63 bits per heavy atom. The van der Waals surface area contributed by atoms with Crippen molar-refractivity contribution in [1.29, 1.82) is 0 Å². The van der Waals surface area contributed by atoms with Gasteiger partial charge in [0.15, 0.2) is 5.03 Å². The second-order valence-corrected chi connectivity index (χ2v) is 7.29. The van der Waals surface area contributed by atoms with Gasteiger partial charge in [-0.25, -0.2) is 13.4 Å². The van der Waals surface area contributed by atoms with Crippen molar-refractivity contribution in [3.63, 3.8) is 0 Å². The van der Waals surface area contributed by atoms with Gasteiger partial charge in [0.05, 0.1) is 0 Å². The second-order valence-electron chi connectivity index (χ2n) is 5.29. The number of pyridine rings is 1. The molecule has 1 aliphatic carbocycles. The molecule has 2 unspecified atom stereocenters. The Balaban J connectivity index is 2.09. The van der Waals surface area contributed by atoms with E-state index in [-0.39, 0.29) is 5.03 Å². The topological polar surface area (TPSA) is 62.3 Å². The van der Waals surface area contributed by atoms with Crippen LogP contribution in [-0.4, -0.2) is 38.3 Å². The highest BCUT2D eigenvalue weighted by molar-refractivity contribution is 7.89. The van der Waals surface area contributed by atoms with Gasteiger partial charge < -0.3 is 5.32 Å². The van der Waals surface area contributed by atoms with Crippen molar-refractivity contribution in [2.75, 3.05) is 20.6 Å². The van der Waals surface area contributed by atoms with Gasteiger partial charge in [0.2, 0.25) is 0 Å². The summed E-state index contributed by atoms with van der Waals surface area (Å²) in [6.45, 7) is 3.42. The molecule has 0 saturated heterocycles. The molecule has 5 nitrogen and oxygen atoms in total. The molecular formula is C13H21N3O2S. The van der Waals surface area contributed by atoms with Crippen LogP contribution in [0.15, 0.2) is 23.4 Å². The summed E-state index contributed by atoms with van der Waals surface area (Å²) < 4.78 is 26.1. The quantitative estimate of drug-likeness (QED) is 0.848. The smallest absolute Gasteiger partial charge is 0.260 e. The summed E-state index contributed by atoms with van der Waals surface area (Å²) in [5.74, 6) is 1.15. The van der Waals surface area contributed by atoms with E-state index in [4.69, 9.17) is 0 Å². The summed E-state index contributed by atoms with van der Waals surface area (Å²) in [6.07, 6.45) is 2.73. The van der Waals surface area contributed by atoms with Gasteiger partial charge in [0, 0.05) is 26.3 Å². The molecule has 2 atom stereocenters. The SMILES string of the molecule is CNCc1ccc(S(=O)(=O)N(C)CC2CC2C)nc1. The maximum atomic E-state index is 12.3. The maximum Gasteiger partial charge on any atom is 0.260 e. The maximum absolute atomic E-state index is 12.3. The van der Waals surface area contributed by atoms with Gasteiger partial charge >= 0.3 is 0 Å². The van der Waals surface area contributed by atoms with E-state index in [1.54, 1.807) is 25.4 Å². The molecule has 1 heterocycles. The molecule has 1 fully saturated rings. The van der Waals surface area contributed by atoms with Gasteiger partial charge in [-0.1, -0.05) is 13.0 Å². The third-order valence-electron chi connectivity index (χ3n) is 3.62. The van der Waals surface area contributed by atoms with Crippen molar-refractivity contribution in [3.05, 3.63) is 23.9 Å². The van der Waals surface area contributed by atoms with Gasteiger partial charge in [-0.2, -0.15) is 4.31 Å². The van der Waals surface area contributed by atoms with Crippen molar-refractivity contribution in [1.82, 2.24) is 14.6 Å². The average Bonchev–Trinajstić information content (AvgIpc) is 3.06. The molecule has 2 rings (SSSR count). The highest BCUT2D eigenvalue weighted by atomic mass is 32.2. The number of hydrogen-bond donors (Lipinski definition) is 1. The van der Waals surface area contributed by atoms with Crippen LogP contribution in [0, 0.1) is 11.8 Å². The summed E-state index contributed by atoms with van der Waals surface area (Å²) in [4.78, 5) is 4.07. The first-order valence-corrected chi connectivity index (χ1v) is 7.95. The fourth-order valence-corrected chi connectivity index (χ4v) is 3.25. The molecule has 0 bridgehead atoms. The first-order chi connectivity index (χ1) is 8.95. The van der Waals surface area contributed by atoms with Crippen LogP contribution in [0.3, 0.4) is 0 Å². The Morgan fingerprint density at radius 2 is 2.16 bits per heavy atom. The van der Waals surface area contributed by atoms with Gasteiger partial charge in [0.1, 0.15) is 0 Å².